The van der Waals surface area contributed by atoms with Gasteiger partial charge in [0.05, 0.1) is 6.42 Å². The second kappa shape index (κ2) is 6.67. The summed E-state index contributed by atoms with van der Waals surface area (Å²) < 4.78 is 36.2. The van der Waals surface area contributed by atoms with Crippen molar-refractivity contribution in [3.8, 4) is 0 Å². The molecule has 0 N–H and O–H groups in total. The Morgan fingerprint density at radius 3 is 2.00 bits per heavy atom. The van der Waals surface area contributed by atoms with E-state index in [9.17, 15) is 13.2 Å². The summed E-state index contributed by atoms with van der Waals surface area (Å²) in [5, 5.41) is 0. The minimum absolute atomic E-state index is 0.123. The molecule has 6 heteroatoms. The number of rotatable bonds is 4. The van der Waals surface area contributed by atoms with E-state index in [1.165, 1.54) is 0 Å². The quantitative estimate of drug-likeness (QED) is 0.714. The van der Waals surface area contributed by atoms with Gasteiger partial charge in [-0.15, -0.1) is 11.6 Å². The Hall–Kier alpha value is 0. The molecule has 2 nitrogen and oxygen atoms in total. The molecule has 0 spiro atoms. The van der Waals surface area contributed by atoms with Crippen molar-refractivity contribution in [3.05, 3.63) is 0 Å². The van der Waals surface area contributed by atoms with Gasteiger partial charge in [0.2, 0.25) is 0 Å². The van der Waals surface area contributed by atoms with Crippen LogP contribution in [0.3, 0.4) is 0 Å². The van der Waals surface area contributed by atoms with Gasteiger partial charge in [-0.25, -0.2) is 0 Å². The Labute approximate surface area is 99.3 Å². The summed E-state index contributed by atoms with van der Waals surface area (Å²) >= 11 is 5.64. The van der Waals surface area contributed by atoms with Crippen LogP contribution in [0, 0.1) is 0 Å². The van der Waals surface area contributed by atoms with Crippen LogP contribution in [0.1, 0.15) is 12.8 Å². The van der Waals surface area contributed by atoms with Crippen molar-refractivity contribution >= 4 is 11.6 Å². The third-order valence-electron chi connectivity index (χ3n) is 2.79. The molecule has 0 saturated carbocycles. The molecule has 0 bridgehead atoms. The maximum absolute atomic E-state index is 12.1. The Morgan fingerprint density at radius 2 is 1.50 bits per heavy atom. The molecule has 0 aromatic rings. The fraction of sp³-hybridized carbons (Fsp3) is 1.00. The number of alkyl halides is 4. The minimum Gasteiger partial charge on any atom is -0.302 e. The van der Waals surface area contributed by atoms with E-state index in [-0.39, 0.29) is 6.54 Å². The summed E-state index contributed by atoms with van der Waals surface area (Å²) in [6.07, 6.45) is -3.82. The first kappa shape index (κ1) is 14.1. The van der Waals surface area contributed by atoms with Crippen molar-refractivity contribution in [1.29, 1.82) is 0 Å². The molecule has 0 atom stereocenters. The first-order chi connectivity index (χ1) is 7.51. The summed E-state index contributed by atoms with van der Waals surface area (Å²) in [5.74, 6) is 0.586. The standard InChI is InChI=1S/C10H18ClF3N2/c11-3-7-16-5-1-4-15(8-9-16)6-2-10(12,13)14/h1-9H2. The number of nitrogens with zero attached hydrogens (tertiary/aromatic N) is 2. The van der Waals surface area contributed by atoms with E-state index in [0.717, 1.165) is 32.6 Å². The van der Waals surface area contributed by atoms with E-state index in [1.807, 2.05) is 4.90 Å². The molecule has 0 amide bonds. The average molecular weight is 259 g/mol. The molecule has 0 unspecified atom stereocenters. The fourth-order valence-electron chi connectivity index (χ4n) is 1.88. The van der Waals surface area contributed by atoms with Gasteiger partial charge in [0.15, 0.2) is 0 Å². The number of hydrogen-bond acceptors (Lipinski definition) is 2. The predicted molar refractivity (Wildman–Crippen MR) is 58.9 cm³/mol. The molecular weight excluding hydrogens is 241 g/mol. The van der Waals surface area contributed by atoms with Gasteiger partial charge in [0.25, 0.3) is 0 Å². The highest BCUT2D eigenvalue weighted by Crippen LogP contribution is 2.20. The van der Waals surface area contributed by atoms with Crippen LogP contribution in [0.5, 0.6) is 0 Å². The van der Waals surface area contributed by atoms with Crippen molar-refractivity contribution in [3.63, 3.8) is 0 Å². The van der Waals surface area contributed by atoms with Crippen molar-refractivity contribution in [1.82, 2.24) is 9.80 Å². The normalized spacial score (nSPS) is 21.0. The maximum Gasteiger partial charge on any atom is 0.390 e. The highest BCUT2D eigenvalue weighted by Gasteiger charge is 2.28. The van der Waals surface area contributed by atoms with Gasteiger partial charge in [0, 0.05) is 32.1 Å². The van der Waals surface area contributed by atoms with Crippen LogP contribution in [-0.4, -0.2) is 61.1 Å². The van der Waals surface area contributed by atoms with Crippen LogP contribution in [0.15, 0.2) is 0 Å². The number of hydrogen-bond donors (Lipinski definition) is 0. The van der Waals surface area contributed by atoms with Crippen LogP contribution >= 0.6 is 11.6 Å². The molecule has 1 aliphatic rings. The zero-order chi connectivity index (χ0) is 12.0. The fourth-order valence-corrected chi connectivity index (χ4v) is 2.12. The van der Waals surface area contributed by atoms with Crippen molar-refractivity contribution in [2.45, 2.75) is 19.0 Å². The Morgan fingerprint density at radius 1 is 0.938 bits per heavy atom. The van der Waals surface area contributed by atoms with E-state index in [2.05, 4.69) is 4.90 Å². The molecular formula is C10H18ClF3N2. The van der Waals surface area contributed by atoms with Crippen LogP contribution in [0.25, 0.3) is 0 Å². The van der Waals surface area contributed by atoms with E-state index < -0.39 is 12.6 Å². The zero-order valence-corrected chi connectivity index (χ0v) is 10.0. The lowest BCUT2D eigenvalue weighted by molar-refractivity contribution is -0.137. The summed E-state index contributed by atoms with van der Waals surface area (Å²) in [6.45, 7) is 4.19. The van der Waals surface area contributed by atoms with Crippen LogP contribution in [0.4, 0.5) is 13.2 Å². The molecule has 0 aromatic carbocycles. The molecule has 1 rings (SSSR count). The summed E-state index contributed by atoms with van der Waals surface area (Å²) in [5.41, 5.74) is 0. The summed E-state index contributed by atoms with van der Waals surface area (Å²) in [7, 11) is 0. The third-order valence-corrected chi connectivity index (χ3v) is 2.96. The zero-order valence-electron chi connectivity index (χ0n) is 9.27. The monoisotopic (exact) mass is 258 g/mol. The minimum atomic E-state index is -4.04. The van der Waals surface area contributed by atoms with E-state index in [1.54, 1.807) is 0 Å². The van der Waals surface area contributed by atoms with Gasteiger partial charge < -0.3 is 9.80 Å². The van der Waals surface area contributed by atoms with Gasteiger partial charge >= 0.3 is 6.18 Å². The average Bonchev–Trinajstić information content (AvgIpc) is 2.40. The summed E-state index contributed by atoms with van der Waals surface area (Å²) in [6, 6.07) is 0. The Balaban J connectivity index is 2.25. The van der Waals surface area contributed by atoms with Gasteiger partial charge in [-0.05, 0) is 19.5 Å². The van der Waals surface area contributed by atoms with E-state index in [0.29, 0.717) is 12.4 Å². The lowest BCUT2D eigenvalue weighted by Gasteiger charge is -2.21. The molecule has 16 heavy (non-hydrogen) atoms. The molecule has 1 heterocycles. The van der Waals surface area contributed by atoms with Crippen molar-refractivity contribution in [2.24, 2.45) is 0 Å². The first-order valence-corrected chi connectivity index (χ1v) is 6.12. The molecule has 0 aliphatic carbocycles. The third kappa shape index (κ3) is 5.92. The SMILES string of the molecule is FC(F)(F)CCN1CCCN(CCCl)CC1. The molecule has 0 aromatic heterocycles. The second-order valence-electron chi connectivity index (χ2n) is 4.09. The molecule has 1 saturated heterocycles. The molecule has 0 radical (unpaired) electrons. The topological polar surface area (TPSA) is 6.48 Å². The second-order valence-corrected chi connectivity index (χ2v) is 4.47. The van der Waals surface area contributed by atoms with Crippen molar-refractivity contribution in [2.75, 3.05) is 45.1 Å². The first-order valence-electron chi connectivity index (χ1n) is 5.59. The molecule has 96 valence electrons. The lowest BCUT2D eigenvalue weighted by Crippen LogP contribution is -2.33. The maximum atomic E-state index is 12.1. The van der Waals surface area contributed by atoms with Gasteiger partial charge in [-0.3, -0.25) is 0 Å². The predicted octanol–water partition coefficient (Wildman–Crippen LogP) is 2.19. The Bertz CT molecular complexity index is 199. The lowest BCUT2D eigenvalue weighted by atomic mass is 10.3. The van der Waals surface area contributed by atoms with E-state index >= 15 is 0 Å². The highest BCUT2D eigenvalue weighted by atomic mass is 35.5. The summed E-state index contributed by atoms with van der Waals surface area (Å²) in [4.78, 5) is 4.10. The van der Waals surface area contributed by atoms with Crippen LogP contribution in [-0.2, 0) is 0 Å². The number of halogens is 4. The largest absolute Gasteiger partial charge is 0.390 e. The van der Waals surface area contributed by atoms with Crippen LogP contribution in [0.2, 0.25) is 0 Å². The van der Waals surface area contributed by atoms with Crippen LogP contribution < -0.4 is 0 Å². The Kier molecular flexibility index (Phi) is 5.86. The van der Waals surface area contributed by atoms with E-state index in [4.69, 9.17) is 11.6 Å². The van der Waals surface area contributed by atoms with Crippen molar-refractivity contribution < 1.29 is 13.2 Å². The smallest absolute Gasteiger partial charge is 0.302 e. The van der Waals surface area contributed by atoms with Gasteiger partial charge in [0.1, 0.15) is 0 Å². The van der Waals surface area contributed by atoms with Gasteiger partial charge in [-0.2, -0.15) is 13.2 Å². The van der Waals surface area contributed by atoms with Gasteiger partial charge in [-0.1, -0.05) is 0 Å². The highest BCUT2D eigenvalue weighted by molar-refractivity contribution is 6.18. The molecule has 1 aliphatic heterocycles. The molecule has 1 fully saturated rings.